The van der Waals surface area contributed by atoms with E-state index in [4.69, 9.17) is 21.4 Å². The fourth-order valence-corrected chi connectivity index (χ4v) is 1.82. The van der Waals surface area contributed by atoms with Crippen molar-refractivity contribution in [3.8, 4) is 5.75 Å². The minimum absolute atomic E-state index is 0.0251. The van der Waals surface area contributed by atoms with E-state index in [-0.39, 0.29) is 6.54 Å². The lowest BCUT2D eigenvalue weighted by molar-refractivity contribution is -0.192. The number of nitrogens with one attached hydrogen (secondary N) is 1. The molecular formula is C12H13ClF3NO3. The highest BCUT2D eigenvalue weighted by Gasteiger charge is 2.44. The standard InChI is InChI=1S/C12H13ClF3NO3/c1-20-10-4-2-3-9(13)7(10)5-17-6-8(11(18)19)12(14,15)16/h2-4,8,17H,5-6H2,1H3,(H,18,19). The van der Waals surface area contributed by atoms with Crippen LogP contribution in [0, 0.1) is 5.92 Å². The summed E-state index contributed by atoms with van der Waals surface area (Å²) >= 11 is 5.92. The van der Waals surface area contributed by atoms with E-state index in [1.54, 1.807) is 18.2 Å². The van der Waals surface area contributed by atoms with E-state index in [1.807, 2.05) is 0 Å². The second-order valence-corrected chi connectivity index (χ2v) is 4.39. The molecule has 1 aromatic rings. The van der Waals surface area contributed by atoms with Crippen LogP contribution in [0.2, 0.25) is 5.02 Å². The lowest BCUT2D eigenvalue weighted by Crippen LogP contribution is -2.38. The number of carbonyl (C=O) groups is 1. The van der Waals surface area contributed by atoms with Crippen molar-refractivity contribution in [1.29, 1.82) is 0 Å². The Morgan fingerprint density at radius 3 is 2.65 bits per heavy atom. The summed E-state index contributed by atoms with van der Waals surface area (Å²) in [5, 5.41) is 11.3. The van der Waals surface area contributed by atoms with E-state index >= 15 is 0 Å². The number of hydrogen-bond acceptors (Lipinski definition) is 3. The highest BCUT2D eigenvalue weighted by Crippen LogP contribution is 2.28. The molecule has 112 valence electrons. The van der Waals surface area contributed by atoms with Gasteiger partial charge in [0, 0.05) is 23.7 Å². The summed E-state index contributed by atoms with van der Waals surface area (Å²) in [7, 11) is 1.41. The number of hydrogen-bond donors (Lipinski definition) is 2. The zero-order chi connectivity index (χ0) is 15.3. The Kier molecular flexibility index (Phi) is 5.64. The van der Waals surface area contributed by atoms with Crippen LogP contribution in [0.1, 0.15) is 5.56 Å². The smallest absolute Gasteiger partial charge is 0.403 e. The van der Waals surface area contributed by atoms with Crippen molar-refractivity contribution in [2.75, 3.05) is 13.7 Å². The minimum Gasteiger partial charge on any atom is -0.496 e. The molecule has 0 amide bonds. The predicted molar refractivity (Wildman–Crippen MR) is 66.9 cm³/mol. The Hall–Kier alpha value is -1.47. The van der Waals surface area contributed by atoms with Crippen LogP contribution in [-0.4, -0.2) is 30.9 Å². The molecule has 2 N–H and O–H groups in total. The minimum atomic E-state index is -4.80. The van der Waals surface area contributed by atoms with Crippen LogP contribution in [0.15, 0.2) is 18.2 Å². The fraction of sp³-hybridized carbons (Fsp3) is 0.417. The van der Waals surface area contributed by atoms with Gasteiger partial charge in [-0.05, 0) is 12.1 Å². The maximum atomic E-state index is 12.4. The SMILES string of the molecule is COc1cccc(Cl)c1CNCC(C(=O)O)C(F)(F)F. The molecule has 0 saturated carbocycles. The van der Waals surface area contributed by atoms with Gasteiger partial charge in [0.15, 0.2) is 5.92 Å². The Morgan fingerprint density at radius 1 is 1.50 bits per heavy atom. The average Bonchev–Trinajstić information content (AvgIpc) is 2.33. The van der Waals surface area contributed by atoms with E-state index in [0.29, 0.717) is 16.3 Å². The number of carboxylic acids is 1. The summed E-state index contributed by atoms with van der Waals surface area (Å²) < 4.78 is 42.4. The third-order valence-corrected chi connectivity index (χ3v) is 2.99. The number of rotatable bonds is 6. The highest BCUT2D eigenvalue weighted by molar-refractivity contribution is 6.31. The molecule has 1 aromatic carbocycles. The van der Waals surface area contributed by atoms with Crippen LogP contribution in [0.3, 0.4) is 0 Å². The summed E-state index contributed by atoms with van der Waals surface area (Å²) in [5.74, 6) is -3.96. The molecule has 1 atom stereocenters. The molecule has 0 saturated heterocycles. The molecule has 0 radical (unpaired) electrons. The van der Waals surface area contributed by atoms with Crippen LogP contribution in [0.25, 0.3) is 0 Å². The highest BCUT2D eigenvalue weighted by atomic mass is 35.5. The van der Waals surface area contributed by atoms with Crippen LogP contribution in [-0.2, 0) is 11.3 Å². The number of benzene rings is 1. The molecule has 0 fully saturated rings. The van der Waals surface area contributed by atoms with Crippen molar-refractivity contribution in [3.63, 3.8) is 0 Å². The summed E-state index contributed by atoms with van der Waals surface area (Å²) in [4.78, 5) is 10.6. The molecule has 0 aliphatic heterocycles. The van der Waals surface area contributed by atoms with Crippen molar-refractivity contribution in [2.45, 2.75) is 12.7 Å². The first-order valence-corrected chi connectivity index (χ1v) is 5.96. The average molecular weight is 312 g/mol. The van der Waals surface area contributed by atoms with Gasteiger partial charge in [0.2, 0.25) is 0 Å². The third-order valence-electron chi connectivity index (χ3n) is 2.64. The normalized spacial score (nSPS) is 13.1. The monoisotopic (exact) mass is 311 g/mol. The molecule has 0 spiro atoms. The van der Waals surface area contributed by atoms with Gasteiger partial charge in [-0.15, -0.1) is 0 Å². The molecular weight excluding hydrogens is 299 g/mol. The summed E-state index contributed by atoms with van der Waals surface area (Å²) in [6.07, 6.45) is -4.80. The van der Waals surface area contributed by atoms with Crippen LogP contribution in [0.5, 0.6) is 5.75 Å². The van der Waals surface area contributed by atoms with E-state index < -0.39 is 24.6 Å². The van der Waals surface area contributed by atoms with Gasteiger partial charge in [0.05, 0.1) is 7.11 Å². The lowest BCUT2D eigenvalue weighted by atomic mass is 10.1. The quantitative estimate of drug-likeness (QED) is 0.848. The van der Waals surface area contributed by atoms with Gasteiger partial charge in [-0.3, -0.25) is 4.79 Å². The Bertz CT molecular complexity index is 480. The van der Waals surface area contributed by atoms with Gasteiger partial charge in [0.25, 0.3) is 0 Å². The lowest BCUT2D eigenvalue weighted by Gasteiger charge is -2.17. The molecule has 0 aliphatic carbocycles. The number of ether oxygens (including phenoxy) is 1. The van der Waals surface area contributed by atoms with Crippen LogP contribution < -0.4 is 10.1 Å². The van der Waals surface area contributed by atoms with Crippen molar-refractivity contribution in [1.82, 2.24) is 5.32 Å². The third kappa shape index (κ3) is 4.28. The predicted octanol–water partition coefficient (Wildman–Crippen LogP) is 2.70. The Labute approximate surface area is 118 Å². The van der Waals surface area contributed by atoms with E-state index in [0.717, 1.165) is 0 Å². The van der Waals surface area contributed by atoms with Gasteiger partial charge < -0.3 is 15.2 Å². The first-order chi connectivity index (χ1) is 9.27. The molecule has 4 nitrogen and oxygen atoms in total. The maximum absolute atomic E-state index is 12.4. The topological polar surface area (TPSA) is 58.6 Å². The van der Waals surface area contributed by atoms with Gasteiger partial charge in [-0.25, -0.2) is 0 Å². The van der Waals surface area contributed by atoms with Crippen LogP contribution in [0.4, 0.5) is 13.2 Å². The maximum Gasteiger partial charge on any atom is 0.403 e. The van der Waals surface area contributed by atoms with Crippen molar-refractivity contribution in [3.05, 3.63) is 28.8 Å². The molecule has 1 rings (SSSR count). The first-order valence-electron chi connectivity index (χ1n) is 5.59. The Morgan fingerprint density at radius 2 is 2.15 bits per heavy atom. The summed E-state index contributed by atoms with van der Waals surface area (Å²) in [6.45, 7) is -0.768. The number of alkyl halides is 3. The molecule has 0 aliphatic rings. The fourth-order valence-electron chi connectivity index (χ4n) is 1.59. The number of carboxylic acid groups (broad SMARTS) is 1. The number of methoxy groups -OCH3 is 1. The van der Waals surface area contributed by atoms with Crippen LogP contribution >= 0.6 is 11.6 Å². The molecule has 0 bridgehead atoms. The van der Waals surface area contributed by atoms with E-state index in [2.05, 4.69) is 5.32 Å². The molecule has 8 heteroatoms. The molecule has 0 heterocycles. The second-order valence-electron chi connectivity index (χ2n) is 3.98. The van der Waals surface area contributed by atoms with Crippen molar-refractivity contribution >= 4 is 17.6 Å². The number of halogens is 4. The largest absolute Gasteiger partial charge is 0.496 e. The Balaban J connectivity index is 2.71. The van der Waals surface area contributed by atoms with Gasteiger partial charge >= 0.3 is 12.1 Å². The number of aliphatic carboxylic acids is 1. The summed E-state index contributed by atoms with van der Waals surface area (Å²) in [6, 6.07) is 4.82. The zero-order valence-corrected chi connectivity index (χ0v) is 11.3. The molecule has 0 aromatic heterocycles. The van der Waals surface area contributed by atoms with E-state index in [1.165, 1.54) is 7.11 Å². The summed E-state index contributed by atoms with van der Waals surface area (Å²) in [5.41, 5.74) is 0.475. The van der Waals surface area contributed by atoms with Gasteiger partial charge in [-0.2, -0.15) is 13.2 Å². The van der Waals surface area contributed by atoms with E-state index in [9.17, 15) is 18.0 Å². The molecule has 1 unspecified atom stereocenters. The zero-order valence-electron chi connectivity index (χ0n) is 10.5. The van der Waals surface area contributed by atoms with Crippen molar-refractivity contribution < 1.29 is 27.8 Å². The van der Waals surface area contributed by atoms with Crippen molar-refractivity contribution in [2.24, 2.45) is 5.92 Å². The molecule has 20 heavy (non-hydrogen) atoms. The van der Waals surface area contributed by atoms with Gasteiger partial charge in [0.1, 0.15) is 5.75 Å². The second kappa shape index (κ2) is 6.81. The first kappa shape index (κ1) is 16.6. The van der Waals surface area contributed by atoms with Gasteiger partial charge in [-0.1, -0.05) is 17.7 Å².